The lowest BCUT2D eigenvalue weighted by molar-refractivity contribution is 0.407. The van der Waals surface area contributed by atoms with Gasteiger partial charge in [0.2, 0.25) is 10.0 Å². The van der Waals surface area contributed by atoms with E-state index in [0.29, 0.717) is 37.4 Å². The van der Waals surface area contributed by atoms with Crippen molar-refractivity contribution in [2.45, 2.75) is 36.1 Å². The van der Waals surface area contributed by atoms with Gasteiger partial charge in [0.25, 0.3) is 0 Å². The average Bonchev–Trinajstić information content (AvgIpc) is 3.39. The summed E-state index contributed by atoms with van der Waals surface area (Å²) in [6.45, 7) is 1.65. The number of benzene rings is 2. The number of hydrogen-bond donors (Lipinski definition) is 2. The van der Waals surface area contributed by atoms with Crippen LogP contribution in [0.2, 0.25) is 0 Å². The van der Waals surface area contributed by atoms with E-state index in [1.165, 1.54) is 11.5 Å². The summed E-state index contributed by atoms with van der Waals surface area (Å²) in [5, 5.41) is 1.06. The lowest BCUT2D eigenvalue weighted by Crippen LogP contribution is -2.41. The number of aromatic nitrogens is 1. The number of hydrogen-bond acceptors (Lipinski definition) is 6. The monoisotopic (exact) mass is 430 g/mol. The standard InChI is InChI=1S/C21H26N4O2S2/c22-12-11-21(23,20-18-5-1-2-6-19(18)28-24-20)15-16-7-9-17(10-8-16)29(26,27)25-13-3-4-14-25/h1-2,5-10H,3-4,11-15,22-23H2. The third-order valence-corrected chi connectivity index (χ3v) is 8.32. The van der Waals surface area contributed by atoms with Crippen molar-refractivity contribution in [2.24, 2.45) is 11.5 Å². The number of fused-ring (bicyclic) bond motifs is 1. The summed E-state index contributed by atoms with van der Waals surface area (Å²) in [7, 11) is -3.41. The largest absolute Gasteiger partial charge is 0.330 e. The molecule has 1 aromatic heterocycles. The Kier molecular flexibility index (Phi) is 5.72. The van der Waals surface area contributed by atoms with Gasteiger partial charge < -0.3 is 11.5 Å². The molecule has 0 spiro atoms. The molecule has 1 aliphatic rings. The van der Waals surface area contributed by atoms with Crippen LogP contribution in [-0.2, 0) is 22.0 Å². The van der Waals surface area contributed by atoms with Gasteiger partial charge in [0, 0.05) is 18.5 Å². The second kappa shape index (κ2) is 8.12. The van der Waals surface area contributed by atoms with Crippen LogP contribution in [0.3, 0.4) is 0 Å². The van der Waals surface area contributed by atoms with Gasteiger partial charge in [0.15, 0.2) is 0 Å². The van der Waals surface area contributed by atoms with E-state index >= 15 is 0 Å². The lowest BCUT2D eigenvalue weighted by atomic mass is 9.84. The van der Waals surface area contributed by atoms with Crippen molar-refractivity contribution in [2.75, 3.05) is 19.6 Å². The normalized spacial score (nSPS) is 17.6. The van der Waals surface area contributed by atoms with Crippen molar-refractivity contribution in [3.05, 3.63) is 59.8 Å². The molecular formula is C21H26N4O2S2. The van der Waals surface area contributed by atoms with Gasteiger partial charge in [-0.2, -0.15) is 8.68 Å². The van der Waals surface area contributed by atoms with Crippen molar-refractivity contribution >= 4 is 31.6 Å². The molecule has 1 atom stereocenters. The van der Waals surface area contributed by atoms with Gasteiger partial charge in [0.05, 0.1) is 20.8 Å². The summed E-state index contributed by atoms with van der Waals surface area (Å²) in [4.78, 5) is 0.337. The van der Waals surface area contributed by atoms with E-state index in [9.17, 15) is 8.42 Å². The maximum Gasteiger partial charge on any atom is 0.243 e. The number of nitrogens with zero attached hydrogens (tertiary/aromatic N) is 2. The fourth-order valence-corrected chi connectivity index (χ4v) is 6.40. The Bertz CT molecular complexity index is 1090. The van der Waals surface area contributed by atoms with Gasteiger partial charge in [-0.1, -0.05) is 30.3 Å². The molecular weight excluding hydrogens is 404 g/mol. The molecule has 154 valence electrons. The van der Waals surface area contributed by atoms with Gasteiger partial charge in [0.1, 0.15) is 0 Å². The van der Waals surface area contributed by atoms with Gasteiger partial charge in [-0.3, -0.25) is 0 Å². The zero-order valence-corrected chi connectivity index (χ0v) is 17.9. The van der Waals surface area contributed by atoms with Crippen molar-refractivity contribution in [3.8, 4) is 0 Å². The molecule has 0 saturated carbocycles. The van der Waals surface area contributed by atoms with E-state index in [0.717, 1.165) is 34.2 Å². The lowest BCUT2D eigenvalue weighted by Gasteiger charge is -2.28. The van der Waals surface area contributed by atoms with E-state index in [4.69, 9.17) is 11.5 Å². The molecule has 0 bridgehead atoms. The van der Waals surface area contributed by atoms with Crippen molar-refractivity contribution in [3.63, 3.8) is 0 Å². The highest BCUT2D eigenvalue weighted by atomic mass is 32.2. The molecule has 1 unspecified atom stereocenters. The second-order valence-electron chi connectivity index (χ2n) is 7.65. The van der Waals surface area contributed by atoms with Crippen LogP contribution in [0.5, 0.6) is 0 Å². The van der Waals surface area contributed by atoms with Crippen LogP contribution >= 0.6 is 11.5 Å². The predicted octanol–water partition coefficient (Wildman–Crippen LogP) is 2.83. The zero-order valence-electron chi connectivity index (χ0n) is 16.3. The Hall–Kier alpha value is -1.84. The topological polar surface area (TPSA) is 102 Å². The number of rotatable bonds is 7. The van der Waals surface area contributed by atoms with E-state index < -0.39 is 15.6 Å². The molecule has 1 fully saturated rings. The highest BCUT2D eigenvalue weighted by Crippen LogP contribution is 2.34. The summed E-state index contributed by atoms with van der Waals surface area (Å²) < 4.78 is 32.8. The van der Waals surface area contributed by atoms with E-state index in [1.807, 2.05) is 36.4 Å². The van der Waals surface area contributed by atoms with Crippen molar-refractivity contribution in [1.29, 1.82) is 0 Å². The average molecular weight is 431 g/mol. The zero-order chi connectivity index (χ0) is 20.5. The van der Waals surface area contributed by atoms with Gasteiger partial charge in [-0.25, -0.2) is 8.42 Å². The molecule has 6 nitrogen and oxygen atoms in total. The Morgan fingerprint density at radius 1 is 1.07 bits per heavy atom. The van der Waals surface area contributed by atoms with Crippen LogP contribution in [0, 0.1) is 0 Å². The summed E-state index contributed by atoms with van der Waals surface area (Å²) in [6.07, 6.45) is 2.98. The Balaban J connectivity index is 1.62. The summed E-state index contributed by atoms with van der Waals surface area (Å²) >= 11 is 1.44. The minimum Gasteiger partial charge on any atom is -0.330 e. The summed E-state index contributed by atoms with van der Waals surface area (Å²) in [6, 6.07) is 15.1. The predicted molar refractivity (Wildman–Crippen MR) is 117 cm³/mol. The van der Waals surface area contributed by atoms with Gasteiger partial charge >= 0.3 is 0 Å². The molecule has 0 radical (unpaired) electrons. The fraction of sp³-hybridized carbons (Fsp3) is 0.381. The number of sulfonamides is 1. The molecule has 2 aromatic carbocycles. The molecule has 4 rings (SSSR count). The molecule has 0 amide bonds. The first kappa shape index (κ1) is 20.4. The quantitative estimate of drug-likeness (QED) is 0.600. The summed E-state index contributed by atoms with van der Waals surface area (Å²) in [5.74, 6) is 0. The molecule has 1 saturated heterocycles. The smallest absolute Gasteiger partial charge is 0.243 e. The minimum absolute atomic E-state index is 0.337. The Morgan fingerprint density at radius 2 is 1.76 bits per heavy atom. The van der Waals surface area contributed by atoms with Crippen molar-refractivity contribution < 1.29 is 8.42 Å². The van der Waals surface area contributed by atoms with Crippen LogP contribution in [0.1, 0.15) is 30.5 Å². The van der Waals surface area contributed by atoms with Gasteiger partial charge in [-0.05, 0) is 67.5 Å². The fourth-order valence-electron chi connectivity index (χ4n) is 4.01. The van der Waals surface area contributed by atoms with Crippen LogP contribution in [-0.4, -0.2) is 36.7 Å². The molecule has 29 heavy (non-hydrogen) atoms. The van der Waals surface area contributed by atoms with E-state index in [1.54, 1.807) is 16.4 Å². The maximum absolute atomic E-state index is 12.7. The molecule has 0 aliphatic carbocycles. The highest BCUT2D eigenvalue weighted by Gasteiger charge is 2.32. The Labute approximate surface area is 175 Å². The molecule has 1 aliphatic heterocycles. The van der Waals surface area contributed by atoms with Gasteiger partial charge in [-0.15, -0.1) is 0 Å². The first-order valence-electron chi connectivity index (χ1n) is 9.87. The third-order valence-electron chi connectivity index (χ3n) is 5.59. The third kappa shape index (κ3) is 3.95. The van der Waals surface area contributed by atoms with E-state index in [2.05, 4.69) is 4.37 Å². The van der Waals surface area contributed by atoms with Crippen LogP contribution in [0.4, 0.5) is 0 Å². The molecule has 3 aromatic rings. The minimum atomic E-state index is -3.41. The first-order chi connectivity index (χ1) is 13.9. The molecule has 8 heteroatoms. The van der Waals surface area contributed by atoms with Crippen molar-refractivity contribution in [1.82, 2.24) is 8.68 Å². The Morgan fingerprint density at radius 3 is 2.45 bits per heavy atom. The maximum atomic E-state index is 12.7. The first-order valence-corrected chi connectivity index (χ1v) is 12.1. The SMILES string of the molecule is NCCC(N)(Cc1ccc(S(=O)(=O)N2CCCC2)cc1)c1nsc2ccccc12. The molecule has 2 heterocycles. The highest BCUT2D eigenvalue weighted by molar-refractivity contribution is 7.89. The van der Waals surface area contributed by atoms with Crippen LogP contribution < -0.4 is 11.5 Å². The summed E-state index contributed by atoms with van der Waals surface area (Å²) in [5.41, 5.74) is 13.8. The van der Waals surface area contributed by atoms with Crippen LogP contribution in [0.25, 0.3) is 10.1 Å². The second-order valence-corrected chi connectivity index (χ2v) is 10.4. The molecule has 4 N–H and O–H groups in total. The number of nitrogens with two attached hydrogens (primary N) is 2. The van der Waals surface area contributed by atoms with E-state index in [-0.39, 0.29) is 0 Å². The van der Waals surface area contributed by atoms with Crippen LogP contribution in [0.15, 0.2) is 53.4 Å².